The molecule has 9 heteroatoms. The summed E-state index contributed by atoms with van der Waals surface area (Å²) in [6.07, 6.45) is -9.24. The fraction of sp³-hybridized carbons (Fsp3) is 0.917. The van der Waals surface area contributed by atoms with Gasteiger partial charge in [0.25, 0.3) is 0 Å². The lowest BCUT2D eigenvalue weighted by Crippen LogP contribution is -2.44. The van der Waals surface area contributed by atoms with Gasteiger partial charge in [-0.15, -0.1) is 0 Å². The highest BCUT2D eigenvalue weighted by molar-refractivity contribution is 9.09. The van der Waals surface area contributed by atoms with Crippen LogP contribution in [0.4, 0.5) is 26.3 Å². The number of amides is 1. The zero-order valence-electron chi connectivity index (χ0n) is 11.1. The van der Waals surface area contributed by atoms with Gasteiger partial charge in [-0.25, -0.2) is 0 Å². The Morgan fingerprint density at radius 3 is 1.95 bits per heavy atom. The highest BCUT2D eigenvalue weighted by atomic mass is 79.9. The largest absolute Gasteiger partial charge is 0.406 e. The molecular weight excluding hydrogens is 368 g/mol. The number of alkyl halides is 7. The first kappa shape index (κ1) is 18.6. The zero-order chi connectivity index (χ0) is 16.3. The first-order chi connectivity index (χ1) is 9.54. The summed E-state index contributed by atoms with van der Waals surface area (Å²) in [6.45, 7) is -1.48. The Hall–Kier alpha value is -0.470. The van der Waals surface area contributed by atoms with E-state index in [-0.39, 0.29) is 37.6 Å². The van der Waals surface area contributed by atoms with Crippen LogP contribution in [0.3, 0.4) is 0 Å². The Kier molecular flexibility index (Phi) is 6.36. The monoisotopic (exact) mass is 383 g/mol. The second kappa shape index (κ2) is 7.19. The van der Waals surface area contributed by atoms with Crippen molar-refractivity contribution in [2.24, 2.45) is 11.8 Å². The molecular formula is C12H16BrF6NO. The number of carbonyl (C=O) groups is 1. The molecule has 0 bridgehead atoms. The lowest BCUT2D eigenvalue weighted by molar-refractivity contribution is -0.186. The Bertz CT molecular complexity index is 349. The maximum atomic E-state index is 12.5. The molecule has 0 aliphatic heterocycles. The van der Waals surface area contributed by atoms with E-state index in [4.69, 9.17) is 0 Å². The minimum absolute atomic E-state index is 0.0142. The molecule has 124 valence electrons. The van der Waals surface area contributed by atoms with Gasteiger partial charge in [0.05, 0.1) is 5.92 Å². The van der Waals surface area contributed by atoms with Gasteiger partial charge in [-0.05, 0) is 25.7 Å². The van der Waals surface area contributed by atoms with E-state index in [1.54, 1.807) is 0 Å². The highest BCUT2D eigenvalue weighted by Gasteiger charge is 2.43. The third kappa shape index (κ3) is 6.04. The van der Waals surface area contributed by atoms with Gasteiger partial charge in [-0.1, -0.05) is 15.9 Å². The van der Waals surface area contributed by atoms with Crippen LogP contribution in [0.1, 0.15) is 25.7 Å². The van der Waals surface area contributed by atoms with Crippen molar-refractivity contribution in [1.82, 2.24) is 4.90 Å². The van der Waals surface area contributed by atoms with Gasteiger partial charge in [0.2, 0.25) is 5.91 Å². The van der Waals surface area contributed by atoms with Crippen LogP contribution in [-0.2, 0) is 4.79 Å². The average Bonchev–Trinajstić information content (AvgIpc) is 2.35. The van der Waals surface area contributed by atoms with Crippen molar-refractivity contribution >= 4 is 21.8 Å². The molecule has 0 aromatic heterocycles. The summed E-state index contributed by atoms with van der Waals surface area (Å²) in [6, 6.07) is 0. The Morgan fingerprint density at radius 2 is 1.57 bits per heavy atom. The quantitative estimate of drug-likeness (QED) is 0.527. The van der Waals surface area contributed by atoms with E-state index in [1.807, 2.05) is 0 Å². The molecule has 1 fully saturated rings. The fourth-order valence-electron chi connectivity index (χ4n) is 2.51. The molecule has 0 spiro atoms. The number of nitrogens with zero attached hydrogens (tertiary/aromatic N) is 1. The van der Waals surface area contributed by atoms with Crippen molar-refractivity contribution in [3.05, 3.63) is 0 Å². The second-order valence-corrected chi connectivity index (χ2v) is 5.95. The van der Waals surface area contributed by atoms with Crippen molar-refractivity contribution in [2.45, 2.75) is 38.0 Å². The highest BCUT2D eigenvalue weighted by Crippen LogP contribution is 2.40. The lowest BCUT2D eigenvalue weighted by atomic mass is 9.81. The van der Waals surface area contributed by atoms with Gasteiger partial charge in [-0.2, -0.15) is 26.3 Å². The molecule has 0 saturated heterocycles. The topological polar surface area (TPSA) is 20.3 Å². The van der Waals surface area contributed by atoms with E-state index in [1.165, 1.54) is 0 Å². The molecule has 1 amide bonds. The first-order valence-electron chi connectivity index (χ1n) is 6.53. The van der Waals surface area contributed by atoms with Gasteiger partial charge >= 0.3 is 12.4 Å². The van der Waals surface area contributed by atoms with Crippen LogP contribution in [0.5, 0.6) is 0 Å². The SMILES string of the molecule is O=C(C1CCC(C(F)(F)F)CC1)N(CCBr)CC(F)(F)F. The fourth-order valence-corrected chi connectivity index (χ4v) is 2.94. The minimum atomic E-state index is -4.51. The van der Waals surface area contributed by atoms with Crippen LogP contribution >= 0.6 is 15.9 Å². The van der Waals surface area contributed by atoms with Crippen LogP contribution in [0.2, 0.25) is 0 Å². The van der Waals surface area contributed by atoms with Crippen molar-refractivity contribution in [1.29, 1.82) is 0 Å². The number of hydrogen-bond acceptors (Lipinski definition) is 1. The molecule has 0 unspecified atom stereocenters. The number of hydrogen-bond donors (Lipinski definition) is 0. The maximum absolute atomic E-state index is 12.5. The van der Waals surface area contributed by atoms with Crippen LogP contribution in [0.15, 0.2) is 0 Å². The lowest BCUT2D eigenvalue weighted by Gasteiger charge is -2.33. The molecule has 0 atom stereocenters. The summed E-state index contributed by atoms with van der Waals surface area (Å²) >= 11 is 2.98. The summed E-state index contributed by atoms with van der Waals surface area (Å²) in [5.74, 6) is -2.90. The van der Waals surface area contributed by atoms with Gasteiger partial charge in [0.15, 0.2) is 0 Å². The molecule has 0 aromatic carbocycles. The van der Waals surface area contributed by atoms with E-state index >= 15 is 0 Å². The van der Waals surface area contributed by atoms with E-state index in [0.29, 0.717) is 4.90 Å². The first-order valence-corrected chi connectivity index (χ1v) is 7.65. The number of rotatable bonds is 4. The normalized spacial score (nSPS) is 24.0. The third-order valence-corrected chi connectivity index (χ3v) is 3.93. The maximum Gasteiger partial charge on any atom is 0.406 e. The van der Waals surface area contributed by atoms with Crippen molar-refractivity contribution in [3.63, 3.8) is 0 Å². The van der Waals surface area contributed by atoms with E-state index in [9.17, 15) is 31.1 Å². The summed E-state index contributed by atoms with van der Waals surface area (Å²) < 4.78 is 74.8. The van der Waals surface area contributed by atoms with Gasteiger partial charge in [0, 0.05) is 17.8 Å². The summed E-state index contributed by atoms with van der Waals surface area (Å²) in [5, 5.41) is 0.187. The minimum Gasteiger partial charge on any atom is -0.333 e. The molecule has 0 heterocycles. The van der Waals surface area contributed by atoms with Crippen molar-refractivity contribution in [3.8, 4) is 0 Å². The van der Waals surface area contributed by atoms with E-state index < -0.39 is 36.6 Å². The molecule has 1 aliphatic rings. The summed E-state index contributed by atoms with van der Waals surface area (Å²) in [7, 11) is 0. The van der Waals surface area contributed by atoms with Crippen molar-refractivity contribution in [2.75, 3.05) is 18.4 Å². The van der Waals surface area contributed by atoms with Gasteiger partial charge in [-0.3, -0.25) is 4.79 Å². The third-order valence-electron chi connectivity index (χ3n) is 3.58. The molecule has 1 saturated carbocycles. The van der Waals surface area contributed by atoms with Crippen LogP contribution in [0.25, 0.3) is 0 Å². The second-order valence-electron chi connectivity index (χ2n) is 5.15. The Morgan fingerprint density at radius 1 is 1.05 bits per heavy atom. The predicted molar refractivity (Wildman–Crippen MR) is 67.9 cm³/mol. The van der Waals surface area contributed by atoms with Crippen LogP contribution in [0, 0.1) is 11.8 Å². The Labute approximate surface area is 127 Å². The smallest absolute Gasteiger partial charge is 0.333 e. The molecule has 1 aliphatic carbocycles. The number of carbonyl (C=O) groups excluding carboxylic acids is 1. The summed E-state index contributed by atoms with van der Waals surface area (Å²) in [4.78, 5) is 12.7. The molecule has 21 heavy (non-hydrogen) atoms. The molecule has 2 nitrogen and oxygen atoms in total. The average molecular weight is 384 g/mol. The van der Waals surface area contributed by atoms with E-state index in [0.717, 1.165) is 0 Å². The summed E-state index contributed by atoms with van der Waals surface area (Å²) in [5.41, 5.74) is 0. The molecule has 0 radical (unpaired) electrons. The van der Waals surface area contributed by atoms with Gasteiger partial charge < -0.3 is 4.90 Å². The molecule has 0 N–H and O–H groups in total. The van der Waals surface area contributed by atoms with E-state index in [2.05, 4.69) is 15.9 Å². The van der Waals surface area contributed by atoms with Crippen LogP contribution < -0.4 is 0 Å². The standard InChI is InChI=1S/C12H16BrF6NO/c13-5-6-20(7-11(14,15)16)10(21)8-1-3-9(4-2-8)12(17,18)19/h8-9H,1-7H2. The molecule has 1 rings (SSSR count). The zero-order valence-corrected chi connectivity index (χ0v) is 12.7. The van der Waals surface area contributed by atoms with Crippen LogP contribution in [-0.4, -0.2) is 41.6 Å². The molecule has 0 aromatic rings. The van der Waals surface area contributed by atoms with Gasteiger partial charge in [0.1, 0.15) is 6.54 Å². The predicted octanol–water partition coefficient (Wildman–Crippen LogP) is 4.14. The van der Waals surface area contributed by atoms with Crippen molar-refractivity contribution < 1.29 is 31.1 Å². The number of halogens is 7. The Balaban J connectivity index is 2.61.